The lowest BCUT2D eigenvalue weighted by atomic mass is 10.0. The van der Waals surface area contributed by atoms with E-state index in [0.717, 1.165) is 11.8 Å². The maximum Gasteiger partial charge on any atom is 0.280 e. The van der Waals surface area contributed by atoms with Gasteiger partial charge in [-0.3, -0.25) is 9.52 Å². The topological polar surface area (TPSA) is 141 Å². The normalized spacial score (nSPS) is 11.1. The van der Waals surface area contributed by atoms with Crippen LogP contribution >= 0.6 is 0 Å². The van der Waals surface area contributed by atoms with Gasteiger partial charge in [-0.15, -0.1) is 0 Å². The number of para-hydroxylation sites is 1. The van der Waals surface area contributed by atoms with Gasteiger partial charge in [-0.1, -0.05) is 42.5 Å². The van der Waals surface area contributed by atoms with E-state index in [1.165, 1.54) is 0 Å². The van der Waals surface area contributed by atoms with Gasteiger partial charge < -0.3 is 11.5 Å². The van der Waals surface area contributed by atoms with Crippen LogP contribution in [0.5, 0.6) is 0 Å². The number of nitrogens with one attached hydrogen (secondary N) is 1. The van der Waals surface area contributed by atoms with Gasteiger partial charge in [-0.2, -0.15) is 4.99 Å². The van der Waals surface area contributed by atoms with Crippen LogP contribution in [0.1, 0.15) is 10.4 Å². The van der Waals surface area contributed by atoms with Crippen LogP contribution < -0.4 is 16.2 Å². The Hall–Kier alpha value is -3.46. The molecular weight excluding hydrogens is 366 g/mol. The second-order valence-corrected chi connectivity index (χ2v) is 7.59. The summed E-state index contributed by atoms with van der Waals surface area (Å²) in [6.45, 7) is 0. The molecular formula is C18H17N5O3S. The number of sulfonamides is 1. The molecule has 9 heteroatoms. The fraction of sp³-hybridized carbons (Fsp3) is 0.0556. The Morgan fingerprint density at radius 2 is 1.78 bits per heavy atom. The minimum atomic E-state index is -3.54. The van der Waals surface area contributed by atoms with Crippen LogP contribution in [0.15, 0.2) is 59.6 Å². The minimum Gasteiger partial charge on any atom is -0.370 e. The van der Waals surface area contributed by atoms with Crippen molar-refractivity contribution in [3.8, 4) is 11.3 Å². The van der Waals surface area contributed by atoms with E-state index in [1.807, 2.05) is 30.3 Å². The van der Waals surface area contributed by atoms with Gasteiger partial charge in [0.1, 0.15) is 0 Å². The van der Waals surface area contributed by atoms with Crippen molar-refractivity contribution in [3.05, 3.63) is 60.2 Å². The predicted octanol–water partition coefficient (Wildman–Crippen LogP) is 1.69. The van der Waals surface area contributed by atoms with Crippen molar-refractivity contribution in [2.24, 2.45) is 16.5 Å². The molecule has 2 aromatic carbocycles. The Kier molecular flexibility index (Phi) is 4.78. The molecule has 0 aliphatic heterocycles. The Labute approximate surface area is 156 Å². The van der Waals surface area contributed by atoms with Gasteiger partial charge in [0, 0.05) is 10.9 Å². The highest BCUT2D eigenvalue weighted by molar-refractivity contribution is 7.92. The number of fused-ring (bicyclic) bond motifs is 1. The van der Waals surface area contributed by atoms with Crippen LogP contribution in [0.25, 0.3) is 22.2 Å². The number of nitrogens with two attached hydrogens (primary N) is 2. The third-order valence-corrected chi connectivity index (χ3v) is 4.26. The SMILES string of the molecule is CS(=O)(=O)Nc1cccc2c(C(=O)N=C(N)N)cc(-c3ccccc3)nc12. The molecule has 3 rings (SSSR count). The number of aromatic nitrogens is 1. The summed E-state index contributed by atoms with van der Waals surface area (Å²) >= 11 is 0. The first-order valence-corrected chi connectivity index (χ1v) is 9.75. The lowest BCUT2D eigenvalue weighted by Gasteiger charge is -2.12. The van der Waals surface area contributed by atoms with E-state index in [9.17, 15) is 13.2 Å². The van der Waals surface area contributed by atoms with Crippen molar-refractivity contribution in [1.29, 1.82) is 0 Å². The molecule has 0 fully saturated rings. The molecule has 8 nitrogen and oxygen atoms in total. The first-order valence-electron chi connectivity index (χ1n) is 7.85. The van der Waals surface area contributed by atoms with E-state index >= 15 is 0 Å². The van der Waals surface area contributed by atoms with Gasteiger partial charge in [-0.05, 0) is 12.1 Å². The average molecular weight is 383 g/mol. The largest absolute Gasteiger partial charge is 0.370 e. The Morgan fingerprint density at radius 1 is 1.07 bits per heavy atom. The summed E-state index contributed by atoms with van der Waals surface area (Å²) in [6, 6.07) is 15.6. The fourth-order valence-corrected chi connectivity index (χ4v) is 3.21. The zero-order valence-corrected chi connectivity index (χ0v) is 15.2. The molecule has 0 spiro atoms. The number of aliphatic imine (C=N–C) groups is 1. The van der Waals surface area contributed by atoms with Crippen molar-refractivity contribution in [1.82, 2.24) is 4.98 Å². The van der Waals surface area contributed by atoms with E-state index in [4.69, 9.17) is 11.5 Å². The average Bonchev–Trinajstić information content (AvgIpc) is 2.60. The number of amides is 1. The first-order chi connectivity index (χ1) is 12.7. The van der Waals surface area contributed by atoms with E-state index < -0.39 is 15.9 Å². The molecule has 1 amide bonds. The van der Waals surface area contributed by atoms with Gasteiger partial charge in [0.05, 0.1) is 28.7 Å². The smallest absolute Gasteiger partial charge is 0.280 e. The summed E-state index contributed by atoms with van der Waals surface area (Å²) in [5, 5.41) is 0.429. The molecule has 138 valence electrons. The van der Waals surface area contributed by atoms with E-state index in [1.54, 1.807) is 24.3 Å². The monoisotopic (exact) mass is 383 g/mol. The number of benzene rings is 2. The highest BCUT2D eigenvalue weighted by atomic mass is 32.2. The highest BCUT2D eigenvalue weighted by Crippen LogP contribution is 2.30. The van der Waals surface area contributed by atoms with Gasteiger partial charge in [0.2, 0.25) is 10.0 Å². The van der Waals surface area contributed by atoms with Crippen molar-refractivity contribution >= 4 is 38.5 Å². The molecule has 0 radical (unpaired) electrons. The quantitative estimate of drug-likeness (QED) is 0.462. The Bertz CT molecular complexity index is 1150. The second kappa shape index (κ2) is 7.04. The van der Waals surface area contributed by atoms with Crippen LogP contribution in [0.2, 0.25) is 0 Å². The van der Waals surface area contributed by atoms with Crippen LogP contribution in [0.4, 0.5) is 5.69 Å². The molecule has 0 aliphatic carbocycles. The number of guanidine groups is 1. The maximum atomic E-state index is 12.5. The van der Waals surface area contributed by atoms with Crippen LogP contribution in [-0.2, 0) is 10.0 Å². The first kappa shape index (κ1) is 18.3. The molecule has 0 saturated heterocycles. The van der Waals surface area contributed by atoms with Crippen LogP contribution in [0.3, 0.4) is 0 Å². The van der Waals surface area contributed by atoms with E-state index in [2.05, 4.69) is 14.7 Å². The summed E-state index contributed by atoms with van der Waals surface area (Å²) in [4.78, 5) is 20.7. The summed E-state index contributed by atoms with van der Waals surface area (Å²) < 4.78 is 25.8. The fourth-order valence-electron chi connectivity index (χ4n) is 2.64. The standard InChI is InChI=1S/C18H17N5O3S/c1-27(25,26)23-14-9-5-8-12-13(17(24)22-18(19)20)10-15(21-16(12)14)11-6-3-2-4-7-11/h2-10,23H,1H3,(H4,19,20,22,24). The van der Waals surface area contributed by atoms with Gasteiger partial charge in [0.25, 0.3) is 5.91 Å². The number of anilines is 1. The molecule has 3 aromatic rings. The van der Waals surface area contributed by atoms with Crippen LogP contribution in [-0.4, -0.2) is 31.5 Å². The molecule has 27 heavy (non-hydrogen) atoms. The number of rotatable bonds is 4. The van der Waals surface area contributed by atoms with Crippen molar-refractivity contribution in [3.63, 3.8) is 0 Å². The third-order valence-electron chi connectivity index (χ3n) is 3.67. The zero-order valence-electron chi connectivity index (χ0n) is 14.4. The second-order valence-electron chi connectivity index (χ2n) is 5.84. The molecule has 0 saturated carbocycles. The molecule has 5 N–H and O–H groups in total. The third kappa shape index (κ3) is 4.21. The maximum absolute atomic E-state index is 12.5. The van der Waals surface area contributed by atoms with Gasteiger partial charge in [0.15, 0.2) is 5.96 Å². The molecule has 0 atom stereocenters. The van der Waals surface area contributed by atoms with E-state index in [-0.39, 0.29) is 17.2 Å². The van der Waals surface area contributed by atoms with Crippen molar-refractivity contribution in [2.45, 2.75) is 0 Å². The highest BCUT2D eigenvalue weighted by Gasteiger charge is 2.17. The number of hydrogen-bond donors (Lipinski definition) is 3. The summed E-state index contributed by atoms with van der Waals surface area (Å²) in [7, 11) is -3.54. The molecule has 0 aliphatic rings. The molecule has 1 heterocycles. The summed E-state index contributed by atoms with van der Waals surface area (Å²) in [5.74, 6) is -1.01. The zero-order chi connectivity index (χ0) is 19.6. The van der Waals surface area contributed by atoms with Crippen LogP contribution in [0, 0.1) is 0 Å². The Morgan fingerprint density at radius 3 is 2.41 bits per heavy atom. The molecule has 1 aromatic heterocycles. The number of pyridine rings is 1. The predicted molar refractivity (Wildman–Crippen MR) is 106 cm³/mol. The number of hydrogen-bond acceptors (Lipinski definition) is 4. The lowest BCUT2D eigenvalue weighted by molar-refractivity contribution is 0.100. The summed E-state index contributed by atoms with van der Waals surface area (Å²) in [5.41, 5.74) is 12.7. The minimum absolute atomic E-state index is 0.212. The molecule has 0 bridgehead atoms. The van der Waals surface area contributed by atoms with Crippen molar-refractivity contribution in [2.75, 3.05) is 11.0 Å². The number of nitrogens with zero attached hydrogens (tertiary/aromatic N) is 2. The molecule has 0 unspecified atom stereocenters. The summed E-state index contributed by atoms with van der Waals surface area (Å²) in [6.07, 6.45) is 1.04. The van der Waals surface area contributed by atoms with Gasteiger partial charge in [-0.25, -0.2) is 13.4 Å². The van der Waals surface area contributed by atoms with Crippen molar-refractivity contribution < 1.29 is 13.2 Å². The Balaban J connectivity index is 2.34. The number of carbonyl (C=O) groups excluding carboxylic acids is 1. The lowest BCUT2D eigenvalue weighted by Crippen LogP contribution is -2.24. The number of carbonyl (C=O) groups is 1. The van der Waals surface area contributed by atoms with Gasteiger partial charge >= 0.3 is 0 Å². The van der Waals surface area contributed by atoms with E-state index in [0.29, 0.717) is 16.6 Å².